The molecule has 0 atom stereocenters. The van der Waals surface area contributed by atoms with Gasteiger partial charge in [0.2, 0.25) is 0 Å². The fourth-order valence-electron chi connectivity index (χ4n) is 1.87. The summed E-state index contributed by atoms with van der Waals surface area (Å²) in [5.74, 6) is 0.942. The minimum absolute atomic E-state index is 0. The van der Waals surface area contributed by atoms with Crippen LogP contribution in [-0.4, -0.2) is 48.8 Å². The largest absolute Gasteiger partial charge is 0.394 e. The molecule has 0 aromatic heterocycles. The molecule has 0 bridgehead atoms. The molecule has 0 saturated carbocycles. The molecule has 96 valence electrons. The maximum atomic E-state index is 8.78. The molecular weight excluding hydrogens is 317 g/mol. The van der Waals surface area contributed by atoms with E-state index in [2.05, 4.69) is 36.0 Å². The van der Waals surface area contributed by atoms with Crippen LogP contribution in [0, 0.1) is 5.41 Å². The molecular formula is C11H24IN3O. The van der Waals surface area contributed by atoms with E-state index in [9.17, 15) is 0 Å². The van der Waals surface area contributed by atoms with Gasteiger partial charge in [-0.15, -0.1) is 24.0 Å². The molecule has 2 N–H and O–H groups in total. The zero-order valence-electron chi connectivity index (χ0n) is 10.5. The van der Waals surface area contributed by atoms with Crippen molar-refractivity contribution in [2.75, 3.05) is 32.8 Å². The lowest BCUT2D eigenvalue weighted by atomic mass is 9.93. The Morgan fingerprint density at radius 2 is 2.19 bits per heavy atom. The van der Waals surface area contributed by atoms with Gasteiger partial charge in [0.25, 0.3) is 0 Å². The van der Waals surface area contributed by atoms with E-state index in [1.165, 1.54) is 6.42 Å². The lowest BCUT2D eigenvalue weighted by Crippen LogP contribution is -2.40. The lowest BCUT2D eigenvalue weighted by Gasteiger charge is -2.23. The van der Waals surface area contributed by atoms with E-state index in [4.69, 9.17) is 5.11 Å². The zero-order valence-corrected chi connectivity index (χ0v) is 12.8. The first-order valence-electron chi connectivity index (χ1n) is 5.73. The Morgan fingerprint density at radius 1 is 1.50 bits per heavy atom. The molecule has 0 unspecified atom stereocenters. The van der Waals surface area contributed by atoms with Crippen molar-refractivity contribution in [3.63, 3.8) is 0 Å². The Kier molecular flexibility index (Phi) is 7.30. The molecule has 0 aromatic rings. The first kappa shape index (κ1) is 16.0. The van der Waals surface area contributed by atoms with E-state index in [1.807, 2.05) is 0 Å². The summed E-state index contributed by atoms with van der Waals surface area (Å²) in [5, 5.41) is 12.0. The van der Waals surface area contributed by atoms with Crippen molar-refractivity contribution >= 4 is 29.9 Å². The molecule has 16 heavy (non-hydrogen) atoms. The van der Waals surface area contributed by atoms with Crippen LogP contribution in [0.2, 0.25) is 0 Å². The Labute approximate surface area is 116 Å². The highest BCUT2D eigenvalue weighted by molar-refractivity contribution is 14.0. The Balaban J connectivity index is 0.00000225. The fraction of sp³-hybridized carbons (Fsp3) is 0.909. The number of nitrogens with one attached hydrogen (secondary N) is 1. The van der Waals surface area contributed by atoms with Crippen molar-refractivity contribution in [1.29, 1.82) is 0 Å². The second kappa shape index (κ2) is 7.32. The maximum absolute atomic E-state index is 8.78. The van der Waals surface area contributed by atoms with E-state index < -0.39 is 0 Å². The summed E-state index contributed by atoms with van der Waals surface area (Å²) in [6.07, 6.45) is 1.20. The predicted octanol–water partition coefficient (Wildman–Crippen LogP) is 1.29. The summed E-state index contributed by atoms with van der Waals surface area (Å²) in [7, 11) is 0. The van der Waals surface area contributed by atoms with Gasteiger partial charge in [0.05, 0.1) is 13.2 Å². The monoisotopic (exact) mass is 341 g/mol. The van der Waals surface area contributed by atoms with Gasteiger partial charge in [-0.05, 0) is 18.8 Å². The topological polar surface area (TPSA) is 47.9 Å². The maximum Gasteiger partial charge on any atom is 0.194 e. The van der Waals surface area contributed by atoms with E-state index in [-0.39, 0.29) is 30.6 Å². The van der Waals surface area contributed by atoms with Gasteiger partial charge in [0, 0.05) is 19.6 Å². The molecule has 1 saturated heterocycles. The summed E-state index contributed by atoms with van der Waals surface area (Å²) >= 11 is 0. The van der Waals surface area contributed by atoms with Gasteiger partial charge < -0.3 is 15.3 Å². The van der Waals surface area contributed by atoms with Gasteiger partial charge >= 0.3 is 0 Å². The third-order valence-electron chi connectivity index (χ3n) is 2.67. The van der Waals surface area contributed by atoms with Crippen LogP contribution in [-0.2, 0) is 0 Å². The number of nitrogens with zero attached hydrogens (tertiary/aromatic N) is 2. The number of guanidine groups is 1. The highest BCUT2D eigenvalue weighted by atomic mass is 127. The van der Waals surface area contributed by atoms with E-state index in [1.54, 1.807) is 0 Å². The van der Waals surface area contributed by atoms with Gasteiger partial charge in [-0.25, -0.2) is 0 Å². The highest BCUT2D eigenvalue weighted by Gasteiger charge is 2.30. The van der Waals surface area contributed by atoms with Crippen LogP contribution in [0.5, 0.6) is 0 Å². The lowest BCUT2D eigenvalue weighted by molar-refractivity contribution is 0.305. The Hall–Kier alpha value is -0.0400. The average Bonchev–Trinajstić information content (AvgIpc) is 2.53. The van der Waals surface area contributed by atoms with Gasteiger partial charge in [-0.1, -0.05) is 13.8 Å². The summed E-state index contributed by atoms with van der Waals surface area (Å²) in [4.78, 5) is 6.64. The molecule has 0 spiro atoms. The molecule has 4 nitrogen and oxygen atoms in total. The summed E-state index contributed by atoms with van der Waals surface area (Å²) in [6.45, 7) is 10.2. The van der Waals surface area contributed by atoms with E-state index in [0.29, 0.717) is 12.0 Å². The van der Waals surface area contributed by atoms with Crippen LogP contribution in [0.1, 0.15) is 27.2 Å². The van der Waals surface area contributed by atoms with Crippen LogP contribution >= 0.6 is 24.0 Å². The predicted molar refractivity (Wildman–Crippen MR) is 78.5 cm³/mol. The van der Waals surface area contributed by atoms with E-state index in [0.717, 1.165) is 25.6 Å². The first-order chi connectivity index (χ1) is 7.09. The molecule has 1 fully saturated rings. The summed E-state index contributed by atoms with van der Waals surface area (Å²) < 4.78 is 0. The van der Waals surface area contributed by atoms with Gasteiger partial charge in [0.1, 0.15) is 0 Å². The molecule has 1 heterocycles. The third-order valence-corrected chi connectivity index (χ3v) is 2.67. The molecule has 0 amide bonds. The molecule has 0 radical (unpaired) electrons. The quantitative estimate of drug-likeness (QED) is 0.462. The number of aliphatic hydroxyl groups excluding tert-OH is 1. The fourth-order valence-corrected chi connectivity index (χ4v) is 1.87. The summed E-state index contributed by atoms with van der Waals surface area (Å²) in [6, 6.07) is 0. The van der Waals surface area contributed by atoms with Gasteiger partial charge in [-0.3, -0.25) is 4.99 Å². The summed E-state index contributed by atoms with van der Waals surface area (Å²) in [5.41, 5.74) is 0.384. The molecule has 5 heteroatoms. The van der Waals surface area contributed by atoms with Gasteiger partial charge in [-0.2, -0.15) is 0 Å². The number of halogens is 1. The van der Waals surface area contributed by atoms with Crippen LogP contribution in [0.25, 0.3) is 0 Å². The van der Waals surface area contributed by atoms with Crippen molar-refractivity contribution in [3.8, 4) is 0 Å². The Morgan fingerprint density at radius 3 is 2.62 bits per heavy atom. The number of hydrogen-bond donors (Lipinski definition) is 2. The smallest absolute Gasteiger partial charge is 0.194 e. The van der Waals surface area contributed by atoms with Crippen molar-refractivity contribution in [2.24, 2.45) is 10.4 Å². The molecule has 1 aliphatic heterocycles. The minimum Gasteiger partial charge on any atom is -0.394 e. The number of hydrogen-bond acceptors (Lipinski definition) is 2. The molecule has 1 aliphatic rings. The zero-order chi connectivity index (χ0) is 11.3. The van der Waals surface area contributed by atoms with Crippen molar-refractivity contribution < 1.29 is 5.11 Å². The number of aliphatic hydroxyl groups is 1. The standard InChI is InChI=1S/C11H23N3O.HI/c1-4-12-10(13-6-8-15)14-7-5-11(2,3)9-14;/h15H,4-9H2,1-3H3,(H,12,13);1H. The third kappa shape index (κ3) is 4.86. The number of likely N-dealkylation sites (tertiary alicyclic amines) is 1. The number of rotatable bonds is 3. The second-order valence-corrected chi connectivity index (χ2v) is 4.80. The highest BCUT2D eigenvalue weighted by Crippen LogP contribution is 2.28. The normalized spacial score (nSPS) is 19.5. The van der Waals surface area contributed by atoms with Crippen LogP contribution in [0.3, 0.4) is 0 Å². The van der Waals surface area contributed by atoms with Crippen molar-refractivity contribution in [1.82, 2.24) is 10.2 Å². The van der Waals surface area contributed by atoms with Crippen LogP contribution in [0.4, 0.5) is 0 Å². The SMILES string of the molecule is CCNC(=NCCO)N1CCC(C)(C)C1.I. The van der Waals surface area contributed by atoms with E-state index >= 15 is 0 Å². The van der Waals surface area contributed by atoms with Crippen molar-refractivity contribution in [2.45, 2.75) is 27.2 Å². The number of aliphatic imine (C=N–C) groups is 1. The molecule has 0 aliphatic carbocycles. The second-order valence-electron chi connectivity index (χ2n) is 4.80. The minimum atomic E-state index is 0. The Bertz CT molecular complexity index is 231. The first-order valence-corrected chi connectivity index (χ1v) is 5.73. The molecule has 1 rings (SSSR count). The average molecular weight is 341 g/mol. The van der Waals surface area contributed by atoms with Crippen molar-refractivity contribution in [3.05, 3.63) is 0 Å². The molecule has 0 aromatic carbocycles. The van der Waals surface area contributed by atoms with Gasteiger partial charge in [0.15, 0.2) is 5.96 Å². The van der Waals surface area contributed by atoms with Crippen LogP contribution < -0.4 is 5.32 Å². The van der Waals surface area contributed by atoms with Crippen LogP contribution in [0.15, 0.2) is 4.99 Å².